The van der Waals surface area contributed by atoms with E-state index in [9.17, 15) is 19.5 Å². The van der Waals surface area contributed by atoms with E-state index in [0.29, 0.717) is 25.8 Å². The molecule has 0 aromatic heterocycles. The molecule has 2 amide bonds. The molecule has 8 nitrogen and oxygen atoms in total. The minimum Gasteiger partial charge on any atom is -0.480 e. The second-order valence-electron chi connectivity index (χ2n) is 7.12. The third-order valence-corrected chi connectivity index (χ3v) is 4.08. The summed E-state index contributed by atoms with van der Waals surface area (Å²) in [5.41, 5.74) is 6.68. The molecule has 0 aliphatic rings. The van der Waals surface area contributed by atoms with Gasteiger partial charge in [-0.05, 0) is 37.2 Å². The van der Waals surface area contributed by atoms with E-state index in [1.807, 2.05) is 44.2 Å². The molecule has 0 saturated heterocycles. The Morgan fingerprint density at radius 2 is 1.82 bits per heavy atom. The van der Waals surface area contributed by atoms with Crippen LogP contribution in [-0.4, -0.2) is 41.7 Å². The number of carbonyl (C=O) groups excluding carboxylic acids is 2. The first-order chi connectivity index (χ1) is 13.3. The third kappa shape index (κ3) is 9.91. The van der Waals surface area contributed by atoms with Gasteiger partial charge in [-0.25, -0.2) is 9.59 Å². The van der Waals surface area contributed by atoms with E-state index in [1.54, 1.807) is 0 Å². The van der Waals surface area contributed by atoms with Crippen LogP contribution in [0.3, 0.4) is 0 Å². The van der Waals surface area contributed by atoms with Crippen LogP contribution in [0.4, 0.5) is 4.79 Å². The predicted molar refractivity (Wildman–Crippen MR) is 105 cm³/mol. The summed E-state index contributed by atoms with van der Waals surface area (Å²) in [6.07, 6.45) is 1.32. The summed E-state index contributed by atoms with van der Waals surface area (Å²) in [6, 6.07) is 7.63. The molecular weight excluding hydrogens is 362 g/mol. The number of benzene rings is 1. The molecule has 0 saturated carbocycles. The number of carboxylic acid groups (broad SMARTS) is 1. The zero-order valence-electron chi connectivity index (χ0n) is 16.5. The van der Waals surface area contributed by atoms with Gasteiger partial charge in [-0.1, -0.05) is 44.2 Å². The van der Waals surface area contributed by atoms with Crippen molar-refractivity contribution in [1.82, 2.24) is 10.6 Å². The SMILES string of the molecule is CC(C)C[C@H](N)C(=O)N[C@@H](CCCCNC(=O)OCc1ccccc1)C(=O)O. The Bertz CT molecular complexity index is 622. The minimum absolute atomic E-state index is 0.191. The Balaban J connectivity index is 2.23. The van der Waals surface area contributed by atoms with Crippen LogP contribution in [0.2, 0.25) is 0 Å². The summed E-state index contributed by atoms with van der Waals surface area (Å²) >= 11 is 0. The number of amides is 2. The van der Waals surface area contributed by atoms with E-state index in [0.717, 1.165) is 5.56 Å². The van der Waals surface area contributed by atoms with Gasteiger partial charge < -0.3 is 26.2 Å². The van der Waals surface area contributed by atoms with Gasteiger partial charge >= 0.3 is 12.1 Å². The van der Waals surface area contributed by atoms with Crippen LogP contribution >= 0.6 is 0 Å². The van der Waals surface area contributed by atoms with E-state index in [1.165, 1.54) is 0 Å². The maximum absolute atomic E-state index is 12.0. The van der Waals surface area contributed by atoms with Crippen LogP contribution in [0.15, 0.2) is 30.3 Å². The van der Waals surface area contributed by atoms with E-state index < -0.39 is 30.1 Å². The Labute approximate surface area is 165 Å². The summed E-state index contributed by atoms with van der Waals surface area (Å²) in [7, 11) is 0. The van der Waals surface area contributed by atoms with Crippen molar-refractivity contribution in [3.8, 4) is 0 Å². The van der Waals surface area contributed by atoms with Crippen molar-refractivity contribution < 1.29 is 24.2 Å². The Morgan fingerprint density at radius 3 is 2.43 bits per heavy atom. The lowest BCUT2D eigenvalue weighted by Gasteiger charge is -2.19. The highest BCUT2D eigenvalue weighted by molar-refractivity contribution is 5.86. The number of rotatable bonds is 12. The van der Waals surface area contributed by atoms with Crippen molar-refractivity contribution in [2.45, 2.75) is 58.2 Å². The molecule has 0 heterocycles. The standard InChI is InChI=1S/C20H31N3O5/c1-14(2)12-16(21)18(24)23-17(19(25)26)10-6-7-11-22-20(27)28-13-15-8-4-3-5-9-15/h3-5,8-9,14,16-17H,6-7,10-13,21H2,1-2H3,(H,22,27)(H,23,24)(H,25,26)/t16-,17-/m0/s1. The Kier molecular flexibility index (Phi) is 10.6. The highest BCUT2D eigenvalue weighted by Gasteiger charge is 2.23. The summed E-state index contributed by atoms with van der Waals surface area (Å²) in [5, 5.41) is 14.4. The van der Waals surface area contributed by atoms with Gasteiger partial charge in [0, 0.05) is 6.54 Å². The van der Waals surface area contributed by atoms with Gasteiger partial charge in [0.25, 0.3) is 0 Å². The number of nitrogens with two attached hydrogens (primary N) is 1. The van der Waals surface area contributed by atoms with Gasteiger partial charge in [0.2, 0.25) is 5.91 Å². The first-order valence-corrected chi connectivity index (χ1v) is 9.53. The molecule has 28 heavy (non-hydrogen) atoms. The summed E-state index contributed by atoms with van der Waals surface area (Å²) < 4.78 is 5.09. The number of hydrogen-bond donors (Lipinski definition) is 4. The number of carbonyl (C=O) groups is 3. The molecular formula is C20H31N3O5. The van der Waals surface area contributed by atoms with E-state index in [4.69, 9.17) is 10.5 Å². The number of hydrogen-bond acceptors (Lipinski definition) is 5. The van der Waals surface area contributed by atoms with Crippen molar-refractivity contribution in [2.75, 3.05) is 6.54 Å². The second kappa shape index (κ2) is 12.7. The first-order valence-electron chi connectivity index (χ1n) is 9.53. The lowest BCUT2D eigenvalue weighted by molar-refractivity contribution is -0.142. The number of carboxylic acids is 1. The van der Waals surface area contributed by atoms with Crippen molar-refractivity contribution in [3.05, 3.63) is 35.9 Å². The Morgan fingerprint density at radius 1 is 1.14 bits per heavy atom. The molecule has 0 unspecified atom stereocenters. The molecule has 1 rings (SSSR count). The minimum atomic E-state index is -1.10. The fraction of sp³-hybridized carbons (Fsp3) is 0.550. The van der Waals surface area contributed by atoms with Crippen LogP contribution in [0.1, 0.15) is 45.1 Å². The number of unbranched alkanes of at least 4 members (excludes halogenated alkanes) is 1. The van der Waals surface area contributed by atoms with Crippen molar-refractivity contribution >= 4 is 18.0 Å². The maximum Gasteiger partial charge on any atom is 0.407 e. The number of ether oxygens (including phenoxy) is 1. The van der Waals surface area contributed by atoms with Gasteiger partial charge in [-0.3, -0.25) is 4.79 Å². The van der Waals surface area contributed by atoms with Gasteiger partial charge in [0.15, 0.2) is 0 Å². The average Bonchev–Trinajstić information content (AvgIpc) is 2.65. The van der Waals surface area contributed by atoms with Gasteiger partial charge in [-0.2, -0.15) is 0 Å². The molecule has 0 fully saturated rings. The molecule has 2 atom stereocenters. The van der Waals surface area contributed by atoms with Gasteiger partial charge in [0.1, 0.15) is 12.6 Å². The summed E-state index contributed by atoms with van der Waals surface area (Å²) in [5.74, 6) is -1.30. The fourth-order valence-corrected chi connectivity index (χ4v) is 2.59. The fourth-order valence-electron chi connectivity index (χ4n) is 2.59. The van der Waals surface area contributed by atoms with Crippen molar-refractivity contribution in [2.24, 2.45) is 11.7 Å². The van der Waals surface area contributed by atoms with Crippen LogP contribution in [-0.2, 0) is 20.9 Å². The molecule has 8 heteroatoms. The molecule has 0 radical (unpaired) electrons. The zero-order valence-corrected chi connectivity index (χ0v) is 16.5. The molecule has 0 bridgehead atoms. The molecule has 1 aromatic rings. The van der Waals surface area contributed by atoms with Gasteiger partial charge in [0.05, 0.1) is 6.04 Å². The largest absolute Gasteiger partial charge is 0.480 e. The third-order valence-electron chi connectivity index (χ3n) is 4.08. The summed E-state index contributed by atoms with van der Waals surface area (Å²) in [6.45, 7) is 4.44. The van der Waals surface area contributed by atoms with E-state index >= 15 is 0 Å². The summed E-state index contributed by atoms with van der Waals surface area (Å²) in [4.78, 5) is 34.9. The van der Waals surface area contributed by atoms with Crippen LogP contribution < -0.4 is 16.4 Å². The number of aliphatic carboxylic acids is 1. The van der Waals surface area contributed by atoms with Crippen LogP contribution in [0, 0.1) is 5.92 Å². The Hall–Kier alpha value is -2.61. The van der Waals surface area contributed by atoms with Gasteiger partial charge in [-0.15, -0.1) is 0 Å². The van der Waals surface area contributed by atoms with Crippen molar-refractivity contribution in [1.29, 1.82) is 0 Å². The average molecular weight is 393 g/mol. The smallest absolute Gasteiger partial charge is 0.407 e. The molecule has 5 N–H and O–H groups in total. The lowest BCUT2D eigenvalue weighted by atomic mass is 10.0. The molecule has 0 aliphatic heterocycles. The van der Waals surface area contributed by atoms with Crippen molar-refractivity contribution in [3.63, 3.8) is 0 Å². The monoisotopic (exact) mass is 393 g/mol. The predicted octanol–water partition coefficient (Wildman–Crippen LogP) is 2.03. The lowest BCUT2D eigenvalue weighted by Crippen LogP contribution is -2.48. The normalized spacial score (nSPS) is 12.9. The number of alkyl carbamates (subject to hydrolysis) is 1. The van der Waals surface area contributed by atoms with Crippen LogP contribution in [0.25, 0.3) is 0 Å². The molecule has 1 aromatic carbocycles. The second-order valence-corrected chi connectivity index (χ2v) is 7.12. The van der Waals surface area contributed by atoms with Crippen LogP contribution in [0.5, 0.6) is 0 Å². The maximum atomic E-state index is 12.0. The van der Waals surface area contributed by atoms with E-state index in [2.05, 4.69) is 10.6 Å². The molecule has 0 aliphatic carbocycles. The highest BCUT2D eigenvalue weighted by Crippen LogP contribution is 2.06. The first kappa shape index (κ1) is 23.4. The highest BCUT2D eigenvalue weighted by atomic mass is 16.5. The number of nitrogens with one attached hydrogen (secondary N) is 2. The quantitative estimate of drug-likeness (QED) is 0.402. The zero-order chi connectivity index (χ0) is 20.9. The molecule has 0 spiro atoms. The van der Waals surface area contributed by atoms with E-state index in [-0.39, 0.29) is 18.9 Å². The topological polar surface area (TPSA) is 131 Å². The molecule has 156 valence electrons.